The number of rotatable bonds is 3. The molecular formula is C13H17BrS. The zero-order valence-electron chi connectivity index (χ0n) is 18.8. The lowest BCUT2D eigenvalue weighted by Crippen LogP contribution is -2.08. The normalized spacial score (nSPS) is 47.7. The third kappa shape index (κ3) is 3.84. The molecule has 1 aromatic rings. The summed E-state index contributed by atoms with van der Waals surface area (Å²) in [6, 6.07) is 6.73. The van der Waals surface area contributed by atoms with Crippen molar-refractivity contribution in [3.63, 3.8) is 0 Å². The Kier molecular flexibility index (Phi) is 1.61. The van der Waals surface area contributed by atoms with E-state index in [0.717, 1.165) is 11.8 Å². The van der Waals surface area contributed by atoms with Crippen LogP contribution in [0.3, 0.4) is 0 Å². The van der Waals surface area contributed by atoms with E-state index in [1.807, 2.05) is 0 Å². The van der Waals surface area contributed by atoms with Crippen LogP contribution in [0.25, 0.3) is 0 Å². The fraction of sp³-hybridized carbons (Fsp3) is 0.538. The highest BCUT2D eigenvalue weighted by Gasteiger charge is 2.13. The molecule has 0 saturated heterocycles. The van der Waals surface area contributed by atoms with Gasteiger partial charge in [0, 0.05) is 30.2 Å². The molecule has 1 aliphatic carbocycles. The van der Waals surface area contributed by atoms with Crippen molar-refractivity contribution in [2.24, 2.45) is 5.89 Å². The van der Waals surface area contributed by atoms with Gasteiger partial charge in [0.05, 0.1) is 0 Å². The molecular weight excluding hydrogens is 268 g/mol. The summed E-state index contributed by atoms with van der Waals surface area (Å²) in [4.78, 5) is 0.562. The van der Waals surface area contributed by atoms with E-state index in [1.54, 1.807) is 24.3 Å². The lowest BCUT2D eigenvalue weighted by Gasteiger charge is -2.20. The molecule has 0 N–H and O–H groups in total. The van der Waals surface area contributed by atoms with Gasteiger partial charge in [-0.1, -0.05) is 41.1 Å². The van der Waals surface area contributed by atoms with Crippen LogP contribution in [0.5, 0.6) is 0 Å². The summed E-state index contributed by atoms with van der Waals surface area (Å²) in [6.45, 7) is 0. The smallest absolute Gasteiger partial charge is 0.0311 e. The van der Waals surface area contributed by atoms with Gasteiger partial charge in [-0.25, -0.2) is 0 Å². The van der Waals surface area contributed by atoms with E-state index in [9.17, 15) is 0 Å². The van der Waals surface area contributed by atoms with Gasteiger partial charge in [0.2, 0.25) is 0 Å². The Morgan fingerprint density at radius 2 is 2.20 bits per heavy atom. The molecule has 2 rings (SSSR count). The van der Waals surface area contributed by atoms with Crippen LogP contribution in [0.15, 0.2) is 33.6 Å². The van der Waals surface area contributed by atoms with Crippen molar-refractivity contribution in [3.8, 4) is 0 Å². The predicted octanol–water partition coefficient (Wildman–Crippen LogP) is 5.12. The average Bonchev–Trinajstić information content (AvgIpc) is 2.50. The quantitative estimate of drug-likeness (QED) is 0.697. The van der Waals surface area contributed by atoms with Gasteiger partial charge in [0.25, 0.3) is 0 Å². The summed E-state index contributed by atoms with van der Waals surface area (Å²) in [5, 5.41) is 0. The topological polar surface area (TPSA) is 0 Å². The maximum absolute atomic E-state index is 8.49. The fourth-order valence-electron chi connectivity index (χ4n) is 1.06. The van der Waals surface area contributed by atoms with Crippen LogP contribution >= 0.6 is 27.7 Å². The third-order valence-corrected chi connectivity index (χ3v) is 3.24. The minimum absolute atomic E-state index is 0.562. The molecule has 1 aliphatic rings. The molecule has 82 valence electrons. The number of hydrogen-bond donors (Lipinski definition) is 0. The third-order valence-electron chi connectivity index (χ3n) is 1.73. The highest BCUT2D eigenvalue weighted by molar-refractivity contribution is 9.10. The van der Waals surface area contributed by atoms with E-state index in [4.69, 9.17) is 15.1 Å². The second kappa shape index (κ2) is 5.95. The van der Waals surface area contributed by atoms with Gasteiger partial charge in [-0.15, -0.1) is 11.8 Å². The molecule has 0 unspecified atom stereocenters. The molecule has 2 heteroatoms. The van der Waals surface area contributed by atoms with E-state index in [-0.39, 0.29) is 0 Å². The SMILES string of the molecule is [2H]C1([2H])C([2H])([2H])C([2H])([2H])C([2H])(CSc2cccc(Br)c2)C([2H])([2H])C1([2H])[2H]. The molecule has 0 aromatic heterocycles. The van der Waals surface area contributed by atoms with Crippen molar-refractivity contribution in [1.29, 1.82) is 0 Å². The lowest BCUT2D eigenvalue weighted by atomic mass is 9.91. The molecule has 1 saturated carbocycles. The summed E-state index contributed by atoms with van der Waals surface area (Å²) in [5.41, 5.74) is 0. The van der Waals surface area contributed by atoms with Gasteiger partial charge in [0.15, 0.2) is 0 Å². The van der Waals surface area contributed by atoms with Crippen LogP contribution < -0.4 is 0 Å². The number of hydrogen-bond acceptors (Lipinski definition) is 1. The van der Waals surface area contributed by atoms with E-state index >= 15 is 0 Å². The maximum Gasteiger partial charge on any atom is 0.0311 e. The van der Waals surface area contributed by atoms with Crippen molar-refractivity contribution in [2.45, 2.75) is 36.8 Å². The van der Waals surface area contributed by atoms with Gasteiger partial charge in [-0.2, -0.15) is 0 Å². The lowest BCUT2D eigenvalue weighted by molar-refractivity contribution is 0.391. The molecule has 0 spiro atoms. The first kappa shape index (κ1) is 4.06. The van der Waals surface area contributed by atoms with Crippen LogP contribution in [-0.2, 0) is 0 Å². The molecule has 0 bridgehead atoms. The molecule has 0 radical (unpaired) electrons. The molecule has 15 heavy (non-hydrogen) atoms. The highest BCUT2D eigenvalue weighted by Crippen LogP contribution is 2.30. The fourth-order valence-corrected chi connectivity index (χ4v) is 2.45. The average molecular weight is 296 g/mol. The van der Waals surface area contributed by atoms with Gasteiger partial charge in [-0.05, 0) is 36.8 Å². The number of benzene rings is 1. The van der Waals surface area contributed by atoms with Crippen molar-refractivity contribution in [3.05, 3.63) is 28.7 Å². The Morgan fingerprint density at radius 3 is 2.93 bits per heavy atom. The minimum atomic E-state index is -3.47. The van der Waals surface area contributed by atoms with E-state index in [2.05, 4.69) is 15.9 Å². The maximum atomic E-state index is 8.49. The minimum Gasteiger partial charge on any atom is -0.126 e. The van der Waals surface area contributed by atoms with E-state index in [1.165, 1.54) is 0 Å². The van der Waals surface area contributed by atoms with Crippen LogP contribution in [0.4, 0.5) is 0 Å². The summed E-state index contributed by atoms with van der Waals surface area (Å²) in [6.07, 6.45) is -16.9. The van der Waals surface area contributed by atoms with Crippen LogP contribution in [0.2, 0.25) is 0 Å². The van der Waals surface area contributed by atoms with Crippen molar-refractivity contribution in [1.82, 2.24) is 0 Å². The van der Waals surface area contributed by atoms with E-state index in [0.29, 0.717) is 9.37 Å². The summed E-state index contributed by atoms with van der Waals surface area (Å²) >= 11 is 4.15. The standard InChI is InChI=1S/C13H17BrS/c14-12-7-4-8-13(9-12)15-10-11-5-2-1-3-6-11/h4,7-9,11H,1-3,5-6,10H2/i1D2,2D2,3D2,5D2,6D2,11D. The summed E-state index contributed by atoms with van der Waals surface area (Å²) < 4.78 is 88.9. The first-order valence-electron chi connectivity index (χ1n) is 9.86. The summed E-state index contributed by atoms with van der Waals surface area (Å²) in [7, 11) is 0. The van der Waals surface area contributed by atoms with Gasteiger partial charge < -0.3 is 0 Å². The van der Waals surface area contributed by atoms with Gasteiger partial charge in [-0.3, -0.25) is 0 Å². The van der Waals surface area contributed by atoms with Gasteiger partial charge in [0.1, 0.15) is 0 Å². The predicted molar refractivity (Wildman–Crippen MR) is 71.4 cm³/mol. The Labute approximate surface area is 120 Å². The van der Waals surface area contributed by atoms with Crippen molar-refractivity contribution < 1.29 is 15.1 Å². The molecule has 0 atom stereocenters. The highest BCUT2D eigenvalue weighted by atomic mass is 79.9. The second-order valence-electron chi connectivity index (χ2n) is 2.85. The Bertz CT molecular complexity index is 673. The number of halogens is 1. The monoisotopic (exact) mass is 295 g/mol. The molecule has 0 nitrogen and oxygen atoms in total. The van der Waals surface area contributed by atoms with E-state index < -0.39 is 43.5 Å². The molecule has 0 aliphatic heterocycles. The first-order valence-corrected chi connectivity index (χ1v) is 6.14. The molecule has 1 fully saturated rings. The van der Waals surface area contributed by atoms with Crippen molar-refractivity contribution in [2.75, 3.05) is 5.75 Å². The summed E-state index contributed by atoms with van der Waals surface area (Å²) in [5.74, 6) is -3.48. The molecule has 0 amide bonds. The van der Waals surface area contributed by atoms with Gasteiger partial charge >= 0.3 is 0 Å². The molecule has 1 aromatic carbocycles. The Balaban J connectivity index is 2.56. The van der Waals surface area contributed by atoms with Crippen LogP contribution in [0, 0.1) is 5.89 Å². The van der Waals surface area contributed by atoms with Crippen molar-refractivity contribution >= 4 is 27.7 Å². The largest absolute Gasteiger partial charge is 0.126 e. The second-order valence-corrected chi connectivity index (χ2v) is 4.81. The molecule has 0 heterocycles. The van der Waals surface area contributed by atoms with Crippen LogP contribution in [0.1, 0.15) is 46.9 Å². The first-order chi connectivity index (χ1) is 11.5. The Morgan fingerprint density at radius 1 is 1.40 bits per heavy atom. The number of thioether (sulfide) groups is 1. The van der Waals surface area contributed by atoms with Crippen LogP contribution in [-0.4, -0.2) is 5.75 Å². The zero-order chi connectivity index (χ0) is 20.4. The Hall–Kier alpha value is 0.0500. The zero-order valence-corrected chi connectivity index (χ0v) is 10.2.